The Balaban J connectivity index is 0.000000588. The van der Waals surface area contributed by atoms with E-state index in [1.54, 1.807) is 0 Å². The van der Waals surface area contributed by atoms with Crippen LogP contribution in [0.1, 0.15) is 38.3 Å². The summed E-state index contributed by atoms with van der Waals surface area (Å²) in [6.07, 6.45) is 10.8. The van der Waals surface area contributed by atoms with Gasteiger partial charge in [-0.05, 0) is 34.9 Å². The van der Waals surface area contributed by atoms with Gasteiger partial charge < -0.3 is 25.5 Å². The molecule has 0 saturated heterocycles. The molecule has 0 spiro atoms. The van der Waals surface area contributed by atoms with Crippen LogP contribution in [0, 0.1) is 32.4 Å². The summed E-state index contributed by atoms with van der Waals surface area (Å²) in [5.74, 6) is 1.03. The molecule has 3 aliphatic rings. The summed E-state index contributed by atoms with van der Waals surface area (Å²) in [5.41, 5.74) is 3.38. The molecule has 0 amide bonds. The predicted molar refractivity (Wildman–Crippen MR) is 218 cm³/mol. The fraction of sp³-hybridized carbons (Fsp3) is 0.405. The molecule has 1 aliphatic heterocycles. The van der Waals surface area contributed by atoms with Gasteiger partial charge >= 0.3 is 21.7 Å². The molecule has 256 valence electrons. The van der Waals surface area contributed by atoms with E-state index in [4.69, 9.17) is 4.98 Å². The Hall–Kier alpha value is -1.58. The number of hydrogen-bond acceptors (Lipinski definition) is 1. The minimum Gasteiger partial charge on any atom is -0.652 e. The van der Waals surface area contributed by atoms with Gasteiger partial charge in [-0.2, -0.15) is 0 Å². The van der Waals surface area contributed by atoms with Crippen molar-refractivity contribution in [3.05, 3.63) is 146 Å². The molecule has 4 unspecified atom stereocenters. The first-order chi connectivity index (χ1) is 21.5. The Morgan fingerprint density at radius 3 is 1.42 bits per heavy atom. The fourth-order valence-corrected chi connectivity index (χ4v) is 12.7. The number of benzene rings is 3. The molecular formula is C42H62N2Si3Ti. The van der Waals surface area contributed by atoms with Crippen LogP contribution in [0.4, 0.5) is 0 Å². The van der Waals surface area contributed by atoms with Crippen molar-refractivity contribution in [2.75, 3.05) is 0 Å². The van der Waals surface area contributed by atoms with Crippen LogP contribution >= 0.6 is 0 Å². The monoisotopic (exact) mass is 726 g/mol. The van der Waals surface area contributed by atoms with Gasteiger partial charge in [-0.3, -0.25) is 4.90 Å². The van der Waals surface area contributed by atoms with Gasteiger partial charge in [0.1, 0.15) is 0 Å². The Kier molecular flexibility index (Phi) is 15.6. The van der Waals surface area contributed by atoms with Crippen LogP contribution in [0.3, 0.4) is 0 Å². The number of fused-ring (bicyclic) bond motifs is 2. The average Bonchev–Trinajstić information content (AvgIpc) is 3.57. The summed E-state index contributed by atoms with van der Waals surface area (Å²) in [6, 6.07) is 32.2. The second-order valence-corrected chi connectivity index (χ2v) is 30.8. The van der Waals surface area contributed by atoms with E-state index in [0.29, 0.717) is 23.4 Å². The zero-order valence-electron chi connectivity index (χ0n) is 31.6. The number of nitrogens with zero attached hydrogens (tertiary/aromatic N) is 2. The molecule has 0 bridgehead atoms. The van der Waals surface area contributed by atoms with Crippen LogP contribution in [0.15, 0.2) is 109 Å². The quantitative estimate of drug-likeness (QED) is 0.189. The third kappa shape index (κ3) is 11.8. The van der Waals surface area contributed by atoms with Crippen molar-refractivity contribution in [1.29, 1.82) is 0 Å². The molecular weight excluding hydrogens is 665 g/mol. The molecule has 0 radical (unpaired) electrons. The van der Waals surface area contributed by atoms with Crippen molar-refractivity contribution >= 4 is 34.8 Å². The maximum atomic E-state index is 5.92. The molecule has 48 heavy (non-hydrogen) atoms. The topological polar surface area (TPSA) is 17.3 Å². The molecule has 1 heterocycles. The smallest absolute Gasteiger partial charge is 0.652 e. The summed E-state index contributed by atoms with van der Waals surface area (Å²) in [4.78, 5) is 8.68. The van der Waals surface area contributed by atoms with E-state index in [-0.39, 0.29) is 34.7 Å². The van der Waals surface area contributed by atoms with E-state index in [1.165, 1.54) is 27.9 Å². The molecule has 3 aromatic carbocycles. The predicted octanol–water partition coefficient (Wildman–Crippen LogP) is 10.3. The van der Waals surface area contributed by atoms with E-state index in [9.17, 15) is 0 Å². The second-order valence-electron chi connectivity index (χ2n) is 16.9. The number of allylic oxidation sites excluding steroid dienone is 3. The first-order valence-electron chi connectivity index (χ1n) is 17.2. The van der Waals surface area contributed by atoms with Crippen molar-refractivity contribution in [2.45, 2.75) is 96.7 Å². The van der Waals surface area contributed by atoms with Gasteiger partial charge in [0.15, 0.2) is 0 Å². The minimum atomic E-state index is -2.52. The van der Waals surface area contributed by atoms with E-state index in [0.717, 1.165) is 13.1 Å². The van der Waals surface area contributed by atoms with Gasteiger partial charge in [0, 0.05) is 27.4 Å². The molecule has 0 aromatic heterocycles. The Morgan fingerprint density at radius 2 is 1.02 bits per heavy atom. The van der Waals surface area contributed by atoms with Gasteiger partial charge in [0.05, 0.1) is 0 Å². The van der Waals surface area contributed by atoms with Crippen molar-refractivity contribution < 1.29 is 21.7 Å². The van der Waals surface area contributed by atoms with Crippen molar-refractivity contribution in [1.82, 2.24) is 4.90 Å². The van der Waals surface area contributed by atoms with E-state index < -0.39 is 24.4 Å². The Morgan fingerprint density at radius 1 is 0.646 bits per heavy atom. The van der Waals surface area contributed by atoms with Crippen molar-refractivity contribution in [2.24, 2.45) is 11.8 Å². The maximum Gasteiger partial charge on any atom is 4.00 e. The number of rotatable bonds is 5. The van der Waals surface area contributed by atoms with E-state index >= 15 is 0 Å². The summed E-state index contributed by atoms with van der Waals surface area (Å²) in [6.45, 7) is 30.1. The van der Waals surface area contributed by atoms with Crippen LogP contribution in [-0.2, 0) is 34.8 Å². The third-order valence-corrected chi connectivity index (χ3v) is 13.6. The molecule has 0 N–H and O–H groups in total. The van der Waals surface area contributed by atoms with E-state index in [2.05, 4.69) is 187 Å². The van der Waals surface area contributed by atoms with Gasteiger partial charge in [0.25, 0.3) is 0 Å². The first kappa shape index (κ1) is 42.6. The van der Waals surface area contributed by atoms with Crippen LogP contribution in [0.5, 0.6) is 0 Å². The van der Waals surface area contributed by atoms with Crippen LogP contribution in [-0.4, -0.2) is 40.9 Å². The van der Waals surface area contributed by atoms with Crippen LogP contribution < -0.4 is 10.4 Å². The Labute approximate surface area is 313 Å². The molecule has 2 aliphatic carbocycles. The SMILES string of the molecule is CC(C)(C)[N-][Si](c1ccccc1)(c1ccccc1)C1CC(N2Cc3ccccc3C2)C2C=CC=CC21.[CH2-][Si](C)(C)C.[CH2-][Si](C)(C)C.[CH3-].[Ti+4]. The fourth-order valence-electron chi connectivity index (χ4n) is 7.16. The molecule has 3 aromatic rings. The van der Waals surface area contributed by atoms with Crippen LogP contribution in [0.2, 0.25) is 44.8 Å². The summed E-state index contributed by atoms with van der Waals surface area (Å²) >= 11 is 0. The normalized spacial score (nSPS) is 21.7. The van der Waals surface area contributed by atoms with Gasteiger partial charge in [-0.25, -0.2) is 0 Å². The summed E-state index contributed by atoms with van der Waals surface area (Å²) in [7, 11) is -4.24. The zero-order chi connectivity index (χ0) is 33.8. The maximum absolute atomic E-state index is 5.92. The summed E-state index contributed by atoms with van der Waals surface area (Å²) in [5, 5.41) is 2.89. The largest absolute Gasteiger partial charge is 4.00 e. The van der Waals surface area contributed by atoms with Crippen molar-refractivity contribution in [3.63, 3.8) is 0 Å². The summed E-state index contributed by atoms with van der Waals surface area (Å²) < 4.78 is 0. The molecule has 1 saturated carbocycles. The van der Waals surface area contributed by atoms with E-state index in [1.807, 2.05) is 0 Å². The molecule has 6 rings (SSSR count). The van der Waals surface area contributed by atoms with Crippen LogP contribution in [0.25, 0.3) is 4.98 Å². The third-order valence-electron chi connectivity index (χ3n) is 8.44. The zero-order valence-corrected chi connectivity index (χ0v) is 36.2. The first-order valence-corrected chi connectivity index (χ1v) is 26.6. The van der Waals surface area contributed by atoms with Crippen molar-refractivity contribution in [3.8, 4) is 0 Å². The van der Waals surface area contributed by atoms with Gasteiger partial charge in [0.2, 0.25) is 0 Å². The van der Waals surface area contributed by atoms with Gasteiger partial charge in [-0.1, -0.05) is 180 Å². The molecule has 2 nitrogen and oxygen atoms in total. The standard InChI is InChI=1S/C33H37N2Si.2C4H11Si.CH3.Ti/c1-33(2,3)34-36(27-16-6-4-7-17-27,28-18-8-5-9-19-28)32-22-31(29-20-12-13-21-30(29)32)35-23-25-14-10-11-15-26(25)24-35;2*1-5(2,3)4;;/h4-21,29-32H,22-24H2,1-3H3;2*1H2,2-4H3;1H3;/q4*-1;+4. The van der Waals surface area contributed by atoms with Gasteiger partial charge in [-0.15, -0.1) is 21.7 Å². The second kappa shape index (κ2) is 17.6. The average molecular weight is 727 g/mol. The number of hydrogen-bond donors (Lipinski definition) is 0. The molecule has 4 atom stereocenters. The Bertz CT molecular complexity index is 1360. The minimum absolute atomic E-state index is 0. The molecule has 1 fully saturated rings. The molecule has 6 heteroatoms.